The first-order chi connectivity index (χ1) is 12.1. The second kappa shape index (κ2) is 7.21. The van der Waals surface area contributed by atoms with Crippen molar-refractivity contribution in [3.8, 4) is 5.75 Å². The van der Waals surface area contributed by atoms with Gasteiger partial charge in [0.15, 0.2) is 0 Å². The first kappa shape index (κ1) is 16.8. The van der Waals surface area contributed by atoms with E-state index in [4.69, 9.17) is 4.74 Å². The van der Waals surface area contributed by atoms with Gasteiger partial charge in [0.2, 0.25) is 0 Å². The first-order valence-corrected chi connectivity index (χ1v) is 8.11. The smallest absolute Gasteiger partial charge is 0.254 e. The molecule has 0 unspecified atom stereocenters. The average molecular weight is 336 g/mol. The van der Waals surface area contributed by atoms with Crippen LogP contribution in [-0.4, -0.2) is 24.1 Å². The molecule has 0 radical (unpaired) electrons. The summed E-state index contributed by atoms with van der Waals surface area (Å²) in [6.07, 6.45) is 0. The van der Waals surface area contributed by atoms with Crippen molar-refractivity contribution in [3.05, 3.63) is 76.1 Å². The van der Waals surface area contributed by atoms with Gasteiger partial charge in [0.05, 0.1) is 12.6 Å². The second-order valence-corrected chi connectivity index (χ2v) is 5.83. The number of benzene rings is 2. The molecule has 1 N–H and O–H groups in total. The van der Waals surface area contributed by atoms with E-state index in [2.05, 4.69) is 5.32 Å². The van der Waals surface area contributed by atoms with Crippen molar-refractivity contribution in [2.45, 2.75) is 13.5 Å². The number of amides is 1. The Morgan fingerprint density at radius 1 is 1.12 bits per heavy atom. The van der Waals surface area contributed by atoms with E-state index < -0.39 is 0 Å². The van der Waals surface area contributed by atoms with Gasteiger partial charge in [0.1, 0.15) is 5.75 Å². The summed E-state index contributed by atoms with van der Waals surface area (Å²) >= 11 is 0. The lowest BCUT2D eigenvalue weighted by Gasteiger charge is -2.12. The molecule has 1 amide bonds. The summed E-state index contributed by atoms with van der Waals surface area (Å²) in [5, 5.41) is 3.87. The summed E-state index contributed by atoms with van der Waals surface area (Å²) in [5.41, 5.74) is 2.09. The number of ether oxygens (including phenoxy) is 1. The maximum atomic E-state index is 12.4. The Bertz CT molecular complexity index is 959. The largest absolute Gasteiger partial charge is 0.497 e. The maximum absolute atomic E-state index is 12.4. The van der Waals surface area contributed by atoms with E-state index in [0.717, 1.165) is 10.9 Å². The summed E-state index contributed by atoms with van der Waals surface area (Å²) < 4.78 is 6.79. The fourth-order valence-corrected chi connectivity index (χ4v) is 2.82. The molecule has 128 valence electrons. The summed E-state index contributed by atoms with van der Waals surface area (Å²) in [5.74, 6) is 0.530. The van der Waals surface area contributed by atoms with Crippen LogP contribution in [0.1, 0.15) is 15.9 Å². The van der Waals surface area contributed by atoms with Crippen LogP contribution in [-0.2, 0) is 6.54 Å². The van der Waals surface area contributed by atoms with Crippen molar-refractivity contribution in [2.24, 2.45) is 0 Å². The van der Waals surface area contributed by atoms with Gasteiger partial charge < -0.3 is 14.6 Å². The van der Waals surface area contributed by atoms with Crippen LogP contribution in [0.2, 0.25) is 0 Å². The molecule has 0 aliphatic heterocycles. The molecule has 0 spiro atoms. The lowest BCUT2D eigenvalue weighted by atomic mass is 10.1. The van der Waals surface area contributed by atoms with Gasteiger partial charge in [0, 0.05) is 24.2 Å². The molecular formula is C20H20N2O3. The van der Waals surface area contributed by atoms with Gasteiger partial charge >= 0.3 is 0 Å². The predicted molar refractivity (Wildman–Crippen MR) is 98.3 cm³/mol. The van der Waals surface area contributed by atoms with Crippen molar-refractivity contribution < 1.29 is 9.53 Å². The number of aryl methyl sites for hydroxylation is 1. The molecule has 1 heterocycles. The number of pyridine rings is 1. The van der Waals surface area contributed by atoms with Crippen LogP contribution in [0.3, 0.4) is 0 Å². The lowest BCUT2D eigenvalue weighted by molar-refractivity contribution is 0.0952. The minimum atomic E-state index is -0.173. The van der Waals surface area contributed by atoms with Crippen molar-refractivity contribution in [1.29, 1.82) is 0 Å². The SMILES string of the molecule is COc1ccc(C(=O)NCCn2c(=O)c(C)cc3ccccc32)cc1. The second-order valence-electron chi connectivity index (χ2n) is 5.83. The first-order valence-electron chi connectivity index (χ1n) is 8.11. The van der Waals surface area contributed by atoms with Gasteiger partial charge in [-0.3, -0.25) is 9.59 Å². The number of carbonyl (C=O) groups excluding carboxylic acids is 1. The van der Waals surface area contributed by atoms with Crippen LogP contribution < -0.4 is 15.6 Å². The molecular weight excluding hydrogens is 316 g/mol. The zero-order valence-electron chi connectivity index (χ0n) is 14.3. The van der Waals surface area contributed by atoms with Gasteiger partial charge in [-0.2, -0.15) is 0 Å². The number of fused-ring (bicyclic) bond motifs is 1. The highest BCUT2D eigenvalue weighted by molar-refractivity contribution is 5.94. The molecule has 2 aromatic carbocycles. The van der Waals surface area contributed by atoms with Crippen LogP contribution in [0.25, 0.3) is 10.9 Å². The van der Waals surface area contributed by atoms with Gasteiger partial charge in [-0.1, -0.05) is 18.2 Å². The predicted octanol–water partition coefficient (Wildman–Crippen LogP) is 2.75. The Morgan fingerprint density at radius 2 is 1.84 bits per heavy atom. The lowest BCUT2D eigenvalue weighted by Crippen LogP contribution is -2.31. The Hall–Kier alpha value is -3.08. The summed E-state index contributed by atoms with van der Waals surface area (Å²) in [4.78, 5) is 24.6. The molecule has 1 aromatic heterocycles. The molecule has 3 rings (SSSR count). The number of hydrogen-bond acceptors (Lipinski definition) is 3. The summed E-state index contributed by atoms with van der Waals surface area (Å²) in [7, 11) is 1.58. The maximum Gasteiger partial charge on any atom is 0.254 e. The van der Waals surface area contributed by atoms with E-state index in [9.17, 15) is 9.59 Å². The Balaban J connectivity index is 1.73. The van der Waals surface area contributed by atoms with Crippen LogP contribution in [0, 0.1) is 6.92 Å². The minimum Gasteiger partial charge on any atom is -0.497 e. The Kier molecular flexibility index (Phi) is 4.84. The molecule has 0 saturated carbocycles. The topological polar surface area (TPSA) is 60.3 Å². The van der Waals surface area contributed by atoms with Crippen LogP contribution in [0.4, 0.5) is 0 Å². The van der Waals surface area contributed by atoms with E-state index in [-0.39, 0.29) is 11.5 Å². The highest BCUT2D eigenvalue weighted by atomic mass is 16.5. The highest BCUT2D eigenvalue weighted by Gasteiger charge is 2.08. The van der Waals surface area contributed by atoms with Crippen LogP contribution in [0.15, 0.2) is 59.4 Å². The van der Waals surface area contributed by atoms with E-state index in [0.29, 0.717) is 30.0 Å². The van der Waals surface area contributed by atoms with E-state index in [1.54, 1.807) is 42.9 Å². The number of hydrogen-bond donors (Lipinski definition) is 1. The fourth-order valence-electron chi connectivity index (χ4n) is 2.82. The van der Waals surface area contributed by atoms with Crippen LogP contribution >= 0.6 is 0 Å². The molecule has 5 heteroatoms. The molecule has 3 aromatic rings. The number of aromatic nitrogens is 1. The zero-order valence-corrected chi connectivity index (χ0v) is 14.3. The molecule has 0 aliphatic rings. The van der Waals surface area contributed by atoms with Crippen LogP contribution in [0.5, 0.6) is 5.75 Å². The third kappa shape index (κ3) is 3.55. The van der Waals surface area contributed by atoms with Gasteiger partial charge in [-0.25, -0.2) is 0 Å². The Labute approximate surface area is 145 Å². The summed E-state index contributed by atoms with van der Waals surface area (Å²) in [6, 6.07) is 16.6. The van der Waals surface area contributed by atoms with Gasteiger partial charge in [-0.15, -0.1) is 0 Å². The standard InChI is InChI=1S/C20H20N2O3/c1-14-13-16-5-3-4-6-18(16)22(20(14)24)12-11-21-19(23)15-7-9-17(25-2)10-8-15/h3-10,13H,11-12H2,1-2H3,(H,21,23). The normalized spacial score (nSPS) is 10.6. The molecule has 0 aliphatic carbocycles. The number of para-hydroxylation sites is 1. The molecule has 0 fully saturated rings. The van der Waals surface area contributed by atoms with Crippen molar-refractivity contribution in [2.75, 3.05) is 13.7 Å². The quantitative estimate of drug-likeness (QED) is 0.779. The highest BCUT2D eigenvalue weighted by Crippen LogP contribution is 2.13. The number of nitrogens with zero attached hydrogens (tertiary/aromatic N) is 1. The van der Waals surface area contributed by atoms with Gasteiger partial charge in [0.25, 0.3) is 11.5 Å². The number of nitrogens with one attached hydrogen (secondary N) is 1. The van der Waals surface area contributed by atoms with Crippen molar-refractivity contribution in [3.63, 3.8) is 0 Å². The third-order valence-corrected chi connectivity index (χ3v) is 4.16. The number of methoxy groups -OCH3 is 1. The van der Waals surface area contributed by atoms with Gasteiger partial charge in [-0.05, 0) is 48.7 Å². The fraction of sp³-hybridized carbons (Fsp3) is 0.200. The molecule has 0 bridgehead atoms. The van der Waals surface area contributed by atoms with Crippen molar-refractivity contribution in [1.82, 2.24) is 9.88 Å². The van der Waals surface area contributed by atoms with E-state index in [1.165, 1.54) is 0 Å². The summed E-state index contributed by atoms with van der Waals surface area (Å²) in [6.45, 7) is 2.60. The molecule has 0 atom stereocenters. The third-order valence-electron chi connectivity index (χ3n) is 4.16. The van der Waals surface area contributed by atoms with E-state index in [1.807, 2.05) is 30.3 Å². The van der Waals surface area contributed by atoms with Crippen molar-refractivity contribution >= 4 is 16.8 Å². The number of rotatable bonds is 5. The minimum absolute atomic E-state index is 0.0302. The average Bonchev–Trinajstić information content (AvgIpc) is 2.64. The zero-order chi connectivity index (χ0) is 17.8. The monoisotopic (exact) mass is 336 g/mol. The Morgan fingerprint density at radius 3 is 2.56 bits per heavy atom. The number of carbonyl (C=O) groups is 1. The van der Waals surface area contributed by atoms with E-state index >= 15 is 0 Å². The molecule has 0 saturated heterocycles. The molecule has 25 heavy (non-hydrogen) atoms. The molecule has 5 nitrogen and oxygen atoms in total.